The third-order valence-corrected chi connectivity index (χ3v) is 6.54. The van der Waals surface area contributed by atoms with E-state index >= 15 is 0 Å². The van der Waals surface area contributed by atoms with Crippen LogP contribution in [-0.4, -0.2) is 26.1 Å². The van der Waals surface area contributed by atoms with Crippen molar-refractivity contribution in [3.8, 4) is 5.75 Å². The molecule has 3 aromatic rings. The van der Waals surface area contributed by atoms with E-state index in [4.69, 9.17) is 4.74 Å². The van der Waals surface area contributed by atoms with Crippen LogP contribution in [0.25, 0.3) is 10.9 Å². The van der Waals surface area contributed by atoms with Gasteiger partial charge >= 0.3 is 0 Å². The number of benzene rings is 2. The number of ether oxygens (including phenoxy) is 1. The number of H-pyrrole nitrogens is 1. The number of sulfonamides is 1. The van der Waals surface area contributed by atoms with Gasteiger partial charge in [-0.15, -0.1) is 0 Å². The van der Waals surface area contributed by atoms with Gasteiger partial charge in [-0.05, 0) is 62.6 Å². The Hall–Kier alpha value is -2.31. The highest BCUT2D eigenvalue weighted by Crippen LogP contribution is 2.50. The zero-order chi connectivity index (χ0) is 19.1. The van der Waals surface area contributed by atoms with Crippen molar-refractivity contribution in [1.82, 2.24) is 9.71 Å². The smallest absolute Gasteiger partial charge is 0.240 e. The van der Waals surface area contributed by atoms with Crippen LogP contribution >= 0.6 is 0 Å². The molecule has 0 amide bonds. The van der Waals surface area contributed by atoms with Crippen molar-refractivity contribution < 1.29 is 13.2 Å². The summed E-state index contributed by atoms with van der Waals surface area (Å²) < 4.78 is 33.8. The fourth-order valence-corrected chi connectivity index (χ4v) is 4.62. The van der Waals surface area contributed by atoms with Gasteiger partial charge in [0, 0.05) is 29.1 Å². The van der Waals surface area contributed by atoms with E-state index in [2.05, 4.69) is 15.8 Å². The van der Waals surface area contributed by atoms with Gasteiger partial charge in [-0.1, -0.05) is 18.2 Å². The molecule has 1 saturated carbocycles. The second-order valence-electron chi connectivity index (χ2n) is 7.49. The summed E-state index contributed by atoms with van der Waals surface area (Å²) in [6.07, 6.45) is 4.04. The molecule has 0 atom stereocenters. The molecule has 2 N–H and O–H groups in total. The molecule has 0 spiro atoms. The zero-order valence-electron chi connectivity index (χ0n) is 15.5. The van der Waals surface area contributed by atoms with E-state index in [-0.39, 0.29) is 16.4 Å². The number of aromatic nitrogens is 1. The summed E-state index contributed by atoms with van der Waals surface area (Å²) in [6, 6.07) is 14.7. The van der Waals surface area contributed by atoms with E-state index in [0.717, 1.165) is 18.4 Å². The number of fused-ring (bicyclic) bond motifs is 1. The molecule has 0 unspecified atom stereocenters. The van der Waals surface area contributed by atoms with E-state index in [0.29, 0.717) is 12.3 Å². The van der Waals surface area contributed by atoms with E-state index < -0.39 is 10.0 Å². The molecule has 1 aromatic heterocycles. The predicted molar refractivity (Wildman–Crippen MR) is 107 cm³/mol. The minimum atomic E-state index is -3.56. The van der Waals surface area contributed by atoms with Crippen LogP contribution < -0.4 is 9.46 Å². The quantitative estimate of drug-likeness (QED) is 0.648. The van der Waals surface area contributed by atoms with Crippen LogP contribution in [0.15, 0.2) is 59.6 Å². The molecule has 0 bridgehead atoms. The third-order valence-electron chi connectivity index (χ3n) is 5.12. The molecule has 1 aliphatic carbocycles. The first-order chi connectivity index (χ1) is 12.9. The van der Waals surface area contributed by atoms with Crippen LogP contribution in [0, 0.1) is 0 Å². The summed E-state index contributed by atoms with van der Waals surface area (Å²) in [4.78, 5) is 3.55. The number of aromatic amines is 1. The minimum absolute atomic E-state index is 0.0523. The Balaban J connectivity index is 1.50. The summed E-state index contributed by atoms with van der Waals surface area (Å²) in [5.41, 5.74) is 2.16. The van der Waals surface area contributed by atoms with E-state index in [9.17, 15) is 8.42 Å². The Morgan fingerprint density at radius 1 is 1.11 bits per heavy atom. The van der Waals surface area contributed by atoms with E-state index in [1.54, 1.807) is 24.3 Å². The molecule has 27 heavy (non-hydrogen) atoms. The lowest BCUT2D eigenvalue weighted by Gasteiger charge is -2.16. The monoisotopic (exact) mass is 384 g/mol. The molecule has 5 nitrogen and oxygen atoms in total. The summed E-state index contributed by atoms with van der Waals surface area (Å²) >= 11 is 0. The van der Waals surface area contributed by atoms with Gasteiger partial charge in [-0.3, -0.25) is 0 Å². The SMILES string of the molecule is CC(C)Oc1ccc(S(=O)(=O)NCC2(c3c[nH]c4ccccc34)CC2)cc1. The fraction of sp³-hybridized carbons (Fsp3) is 0.333. The number of nitrogens with one attached hydrogen (secondary N) is 2. The standard InChI is InChI=1S/C21H24N2O3S/c1-15(2)26-16-7-9-17(10-8-16)27(24,25)23-14-21(11-12-21)19-13-22-20-6-4-3-5-18(19)20/h3-10,13,15,22-23H,11-12,14H2,1-2H3. The Labute approximate surface area is 159 Å². The van der Waals surface area contributed by atoms with Gasteiger partial charge in [0.15, 0.2) is 0 Å². The minimum Gasteiger partial charge on any atom is -0.491 e. The molecule has 2 aromatic carbocycles. The lowest BCUT2D eigenvalue weighted by atomic mass is 9.96. The van der Waals surface area contributed by atoms with Crippen LogP contribution in [0.3, 0.4) is 0 Å². The number of para-hydroxylation sites is 1. The van der Waals surface area contributed by atoms with Gasteiger partial charge in [0.2, 0.25) is 10.0 Å². The number of hydrogen-bond donors (Lipinski definition) is 2. The maximum atomic E-state index is 12.7. The normalized spacial score (nSPS) is 16.0. The van der Waals surface area contributed by atoms with E-state index in [1.807, 2.05) is 38.2 Å². The average Bonchev–Trinajstić information content (AvgIpc) is 3.31. The highest BCUT2D eigenvalue weighted by atomic mass is 32.2. The average molecular weight is 385 g/mol. The van der Waals surface area contributed by atoms with Crippen molar-refractivity contribution in [3.05, 3.63) is 60.3 Å². The van der Waals surface area contributed by atoms with Crippen molar-refractivity contribution >= 4 is 20.9 Å². The lowest BCUT2D eigenvalue weighted by Crippen LogP contribution is -2.32. The summed E-state index contributed by atoms with van der Waals surface area (Å²) in [6.45, 7) is 4.28. The van der Waals surface area contributed by atoms with Crippen LogP contribution in [-0.2, 0) is 15.4 Å². The number of rotatable bonds is 7. The summed E-state index contributed by atoms with van der Waals surface area (Å²) in [7, 11) is -3.56. The van der Waals surface area contributed by atoms with Crippen LogP contribution in [0.1, 0.15) is 32.3 Å². The molecule has 0 radical (unpaired) electrons. The Morgan fingerprint density at radius 2 is 1.81 bits per heavy atom. The Morgan fingerprint density at radius 3 is 2.48 bits per heavy atom. The fourth-order valence-electron chi connectivity index (χ4n) is 3.49. The second kappa shape index (κ2) is 6.69. The molecular weight excluding hydrogens is 360 g/mol. The lowest BCUT2D eigenvalue weighted by molar-refractivity contribution is 0.242. The second-order valence-corrected chi connectivity index (χ2v) is 9.26. The van der Waals surface area contributed by atoms with Crippen molar-refractivity contribution in [3.63, 3.8) is 0 Å². The highest BCUT2D eigenvalue weighted by molar-refractivity contribution is 7.89. The Kier molecular flexibility index (Phi) is 4.48. The van der Waals surface area contributed by atoms with Gasteiger partial charge in [-0.25, -0.2) is 13.1 Å². The van der Waals surface area contributed by atoms with Gasteiger partial charge in [-0.2, -0.15) is 0 Å². The first-order valence-corrected chi connectivity index (χ1v) is 10.7. The van der Waals surface area contributed by atoms with Crippen molar-refractivity contribution in [2.75, 3.05) is 6.54 Å². The molecule has 1 fully saturated rings. The maximum absolute atomic E-state index is 12.7. The van der Waals surface area contributed by atoms with Gasteiger partial charge in [0.25, 0.3) is 0 Å². The summed E-state index contributed by atoms with van der Waals surface area (Å²) in [5.74, 6) is 0.668. The number of hydrogen-bond acceptors (Lipinski definition) is 3. The zero-order valence-corrected chi connectivity index (χ0v) is 16.3. The molecule has 0 saturated heterocycles. The van der Waals surface area contributed by atoms with Crippen LogP contribution in [0.2, 0.25) is 0 Å². The van der Waals surface area contributed by atoms with E-state index in [1.165, 1.54) is 10.9 Å². The molecule has 0 aliphatic heterocycles. The molecule has 4 rings (SSSR count). The van der Waals surface area contributed by atoms with Gasteiger partial charge in [0.05, 0.1) is 11.0 Å². The molecule has 6 heteroatoms. The van der Waals surface area contributed by atoms with Crippen LogP contribution in [0.4, 0.5) is 0 Å². The molecule has 142 valence electrons. The predicted octanol–water partition coefficient (Wildman–Crippen LogP) is 3.97. The van der Waals surface area contributed by atoms with Gasteiger partial charge in [0.1, 0.15) is 5.75 Å². The van der Waals surface area contributed by atoms with Crippen molar-refractivity contribution in [2.45, 2.75) is 43.1 Å². The van der Waals surface area contributed by atoms with Crippen molar-refractivity contribution in [2.24, 2.45) is 0 Å². The maximum Gasteiger partial charge on any atom is 0.240 e. The first kappa shape index (κ1) is 18.1. The topological polar surface area (TPSA) is 71.2 Å². The highest BCUT2D eigenvalue weighted by Gasteiger charge is 2.46. The van der Waals surface area contributed by atoms with Crippen LogP contribution in [0.5, 0.6) is 5.75 Å². The molecule has 1 heterocycles. The van der Waals surface area contributed by atoms with Crippen molar-refractivity contribution in [1.29, 1.82) is 0 Å². The largest absolute Gasteiger partial charge is 0.491 e. The Bertz CT molecular complexity index is 1050. The molecule has 1 aliphatic rings. The summed E-state index contributed by atoms with van der Waals surface area (Å²) in [5, 5.41) is 1.17. The van der Waals surface area contributed by atoms with Gasteiger partial charge < -0.3 is 9.72 Å². The molecular formula is C21H24N2O3S. The first-order valence-electron chi connectivity index (χ1n) is 9.23. The third kappa shape index (κ3) is 3.59.